The molecule has 0 aliphatic carbocycles. The van der Waals surface area contributed by atoms with Gasteiger partial charge in [-0.2, -0.15) is 5.10 Å². The van der Waals surface area contributed by atoms with Crippen molar-refractivity contribution in [2.45, 2.75) is 19.8 Å². The van der Waals surface area contributed by atoms with Gasteiger partial charge >= 0.3 is 0 Å². The van der Waals surface area contributed by atoms with Crippen molar-refractivity contribution in [3.8, 4) is 0 Å². The number of benzene rings is 1. The number of hydrogen-bond acceptors (Lipinski definition) is 3. The van der Waals surface area contributed by atoms with E-state index in [1.807, 2.05) is 32.0 Å². The first-order chi connectivity index (χ1) is 9.99. The SMILES string of the molecule is C=C(NNC(=O)c1cc(C(C)C)[nH]n1)c1ccccc1Cl. The van der Waals surface area contributed by atoms with E-state index >= 15 is 0 Å². The molecule has 0 aliphatic rings. The molecular weight excluding hydrogens is 288 g/mol. The number of halogens is 1. The van der Waals surface area contributed by atoms with Crippen molar-refractivity contribution in [3.63, 3.8) is 0 Å². The zero-order chi connectivity index (χ0) is 15.4. The van der Waals surface area contributed by atoms with Gasteiger partial charge in [-0.25, -0.2) is 0 Å². The first kappa shape index (κ1) is 15.1. The highest BCUT2D eigenvalue weighted by molar-refractivity contribution is 6.32. The Balaban J connectivity index is 1.97. The highest BCUT2D eigenvalue weighted by Crippen LogP contribution is 2.20. The van der Waals surface area contributed by atoms with Crippen LogP contribution in [0.4, 0.5) is 0 Å². The molecule has 1 aromatic carbocycles. The topological polar surface area (TPSA) is 69.8 Å². The quantitative estimate of drug-likeness (QED) is 0.743. The van der Waals surface area contributed by atoms with Gasteiger partial charge in [-0.1, -0.05) is 50.2 Å². The minimum Gasteiger partial charge on any atom is -0.298 e. The summed E-state index contributed by atoms with van der Waals surface area (Å²) >= 11 is 6.06. The predicted octanol–water partition coefficient (Wildman–Crippen LogP) is 3.09. The van der Waals surface area contributed by atoms with Gasteiger partial charge in [0.15, 0.2) is 5.69 Å². The van der Waals surface area contributed by atoms with Crippen LogP contribution < -0.4 is 10.9 Å². The molecule has 6 heteroatoms. The van der Waals surface area contributed by atoms with Crippen LogP contribution in [0.25, 0.3) is 5.70 Å². The van der Waals surface area contributed by atoms with Crippen LogP contribution in [-0.2, 0) is 0 Å². The number of nitrogens with zero attached hydrogens (tertiary/aromatic N) is 1. The summed E-state index contributed by atoms with van der Waals surface area (Å²) < 4.78 is 0. The molecule has 1 heterocycles. The lowest BCUT2D eigenvalue weighted by Crippen LogP contribution is -2.36. The zero-order valence-electron chi connectivity index (χ0n) is 11.9. The average molecular weight is 305 g/mol. The van der Waals surface area contributed by atoms with Crippen LogP contribution in [0, 0.1) is 0 Å². The Labute approximate surface area is 128 Å². The van der Waals surface area contributed by atoms with E-state index in [9.17, 15) is 4.79 Å². The van der Waals surface area contributed by atoms with E-state index in [1.54, 1.807) is 12.1 Å². The molecule has 21 heavy (non-hydrogen) atoms. The number of carbonyl (C=O) groups excluding carboxylic acids is 1. The molecule has 1 aromatic heterocycles. The first-order valence-electron chi connectivity index (χ1n) is 6.54. The Kier molecular flexibility index (Phi) is 4.65. The molecule has 5 nitrogen and oxygen atoms in total. The fourth-order valence-corrected chi connectivity index (χ4v) is 1.97. The van der Waals surface area contributed by atoms with E-state index in [0.717, 1.165) is 11.3 Å². The van der Waals surface area contributed by atoms with Gasteiger partial charge < -0.3 is 0 Å². The van der Waals surface area contributed by atoms with Crippen molar-refractivity contribution in [2.24, 2.45) is 0 Å². The summed E-state index contributed by atoms with van der Waals surface area (Å²) in [5.74, 6) is -0.0588. The number of aromatic nitrogens is 2. The number of amides is 1. The normalized spacial score (nSPS) is 10.5. The molecule has 0 radical (unpaired) electrons. The van der Waals surface area contributed by atoms with Crippen molar-refractivity contribution >= 4 is 23.2 Å². The number of aromatic amines is 1. The van der Waals surface area contributed by atoms with Crippen LogP contribution in [0.15, 0.2) is 36.9 Å². The lowest BCUT2D eigenvalue weighted by Gasteiger charge is -2.11. The molecular formula is C15H17ClN4O. The molecule has 0 bridgehead atoms. The lowest BCUT2D eigenvalue weighted by atomic mass is 10.1. The number of rotatable bonds is 5. The Morgan fingerprint density at radius 3 is 2.67 bits per heavy atom. The first-order valence-corrected chi connectivity index (χ1v) is 6.92. The minimum atomic E-state index is -0.341. The summed E-state index contributed by atoms with van der Waals surface area (Å²) in [5.41, 5.74) is 7.75. The molecule has 0 unspecified atom stereocenters. The Hall–Kier alpha value is -2.27. The molecule has 1 amide bonds. The van der Waals surface area contributed by atoms with E-state index in [0.29, 0.717) is 16.4 Å². The van der Waals surface area contributed by atoms with Crippen LogP contribution in [0.3, 0.4) is 0 Å². The maximum Gasteiger partial charge on any atom is 0.290 e. The molecule has 3 N–H and O–H groups in total. The van der Waals surface area contributed by atoms with E-state index in [-0.39, 0.29) is 11.8 Å². The number of nitrogens with one attached hydrogen (secondary N) is 3. The fourth-order valence-electron chi connectivity index (χ4n) is 1.72. The molecule has 2 rings (SSSR count). The van der Waals surface area contributed by atoms with Gasteiger partial charge in [-0.05, 0) is 18.1 Å². The van der Waals surface area contributed by atoms with Gasteiger partial charge in [-0.3, -0.25) is 20.7 Å². The summed E-state index contributed by atoms with van der Waals surface area (Å²) in [4.78, 5) is 12.0. The Morgan fingerprint density at radius 2 is 2.05 bits per heavy atom. The smallest absolute Gasteiger partial charge is 0.290 e. The van der Waals surface area contributed by atoms with Crippen LogP contribution >= 0.6 is 11.6 Å². The fraction of sp³-hybridized carbons (Fsp3) is 0.200. The van der Waals surface area contributed by atoms with E-state index in [4.69, 9.17) is 11.6 Å². The number of H-pyrrole nitrogens is 1. The maximum absolute atomic E-state index is 12.0. The average Bonchev–Trinajstić information content (AvgIpc) is 2.95. The molecule has 2 aromatic rings. The van der Waals surface area contributed by atoms with E-state index in [1.165, 1.54) is 0 Å². The molecule has 0 saturated heterocycles. The van der Waals surface area contributed by atoms with Crippen molar-refractivity contribution in [1.82, 2.24) is 21.0 Å². The van der Waals surface area contributed by atoms with Crippen molar-refractivity contribution in [3.05, 3.63) is 58.9 Å². The summed E-state index contributed by atoms with van der Waals surface area (Å²) in [5, 5.41) is 7.37. The summed E-state index contributed by atoms with van der Waals surface area (Å²) in [6, 6.07) is 8.97. The molecule has 0 fully saturated rings. The van der Waals surface area contributed by atoms with Crippen molar-refractivity contribution in [2.75, 3.05) is 0 Å². The zero-order valence-corrected chi connectivity index (χ0v) is 12.7. The minimum absolute atomic E-state index is 0.282. The molecule has 0 aliphatic heterocycles. The third-order valence-corrected chi connectivity index (χ3v) is 3.31. The molecule has 110 valence electrons. The van der Waals surface area contributed by atoms with Gasteiger partial charge in [0.05, 0.1) is 5.70 Å². The van der Waals surface area contributed by atoms with Gasteiger partial charge in [0.1, 0.15) is 0 Å². The highest BCUT2D eigenvalue weighted by atomic mass is 35.5. The monoisotopic (exact) mass is 304 g/mol. The van der Waals surface area contributed by atoms with Gasteiger partial charge in [0.25, 0.3) is 5.91 Å². The largest absolute Gasteiger partial charge is 0.298 e. The number of hydrogen-bond donors (Lipinski definition) is 3. The molecule has 0 spiro atoms. The van der Waals surface area contributed by atoms with E-state index in [2.05, 4.69) is 27.6 Å². The lowest BCUT2D eigenvalue weighted by molar-refractivity contribution is 0.0937. The summed E-state index contributed by atoms with van der Waals surface area (Å²) in [6.45, 7) is 7.89. The van der Waals surface area contributed by atoms with Crippen LogP contribution in [0.2, 0.25) is 5.02 Å². The van der Waals surface area contributed by atoms with Crippen molar-refractivity contribution in [1.29, 1.82) is 0 Å². The Morgan fingerprint density at radius 1 is 1.33 bits per heavy atom. The maximum atomic E-state index is 12.0. The van der Waals surface area contributed by atoms with E-state index < -0.39 is 0 Å². The second kappa shape index (κ2) is 6.45. The van der Waals surface area contributed by atoms with Gasteiger partial charge in [-0.15, -0.1) is 0 Å². The number of hydrazine groups is 1. The molecule has 0 saturated carbocycles. The second-order valence-electron chi connectivity index (χ2n) is 4.90. The van der Waals surface area contributed by atoms with Crippen LogP contribution in [-0.4, -0.2) is 16.1 Å². The third kappa shape index (κ3) is 3.64. The third-order valence-electron chi connectivity index (χ3n) is 2.98. The highest BCUT2D eigenvalue weighted by Gasteiger charge is 2.12. The summed E-state index contributed by atoms with van der Waals surface area (Å²) in [7, 11) is 0. The predicted molar refractivity (Wildman–Crippen MR) is 83.8 cm³/mol. The Bertz CT molecular complexity index is 663. The summed E-state index contributed by atoms with van der Waals surface area (Å²) in [6.07, 6.45) is 0. The second-order valence-corrected chi connectivity index (χ2v) is 5.31. The van der Waals surface area contributed by atoms with Gasteiger partial charge in [0, 0.05) is 16.3 Å². The van der Waals surface area contributed by atoms with Crippen LogP contribution in [0.1, 0.15) is 41.5 Å². The van der Waals surface area contributed by atoms with Crippen molar-refractivity contribution < 1.29 is 4.79 Å². The molecule has 0 atom stereocenters. The van der Waals surface area contributed by atoms with Gasteiger partial charge in [0.2, 0.25) is 0 Å². The van der Waals surface area contributed by atoms with Crippen LogP contribution in [0.5, 0.6) is 0 Å². The number of carbonyl (C=O) groups is 1. The standard InChI is InChI=1S/C15H17ClN4O/c1-9(2)13-8-14(19-18-13)15(21)20-17-10(3)11-6-4-5-7-12(11)16/h4-9,17H,3H2,1-2H3,(H,18,19)(H,20,21).